The minimum atomic E-state index is -0.368. The van der Waals surface area contributed by atoms with Gasteiger partial charge in [-0.25, -0.2) is 0 Å². The fourth-order valence-corrected chi connectivity index (χ4v) is 5.01. The number of carbonyl (C=O) groups is 3. The lowest BCUT2D eigenvalue weighted by molar-refractivity contribution is -0.140. The quantitative estimate of drug-likeness (QED) is 0.276. The van der Waals surface area contributed by atoms with E-state index in [1.54, 1.807) is 23.1 Å². The van der Waals surface area contributed by atoms with E-state index in [1.807, 2.05) is 24.3 Å². The molecule has 188 valence electrons. The second kappa shape index (κ2) is 9.12. The van der Waals surface area contributed by atoms with Crippen molar-refractivity contribution in [3.8, 4) is 11.3 Å². The van der Waals surface area contributed by atoms with E-state index in [1.165, 1.54) is 13.2 Å². The van der Waals surface area contributed by atoms with Crippen molar-refractivity contribution in [3.63, 3.8) is 0 Å². The van der Waals surface area contributed by atoms with Crippen molar-refractivity contribution in [2.75, 3.05) is 49.5 Å². The Labute approximate surface area is 211 Å². The fraction of sp³-hybridized carbons (Fsp3) is 0.259. The molecule has 0 bridgehead atoms. The molecule has 2 aliphatic rings. The number of nitrogens with zero attached hydrogens (tertiary/aromatic N) is 3. The van der Waals surface area contributed by atoms with E-state index in [9.17, 15) is 14.4 Å². The van der Waals surface area contributed by atoms with Crippen molar-refractivity contribution in [2.24, 2.45) is 0 Å². The number of furan rings is 1. The Bertz CT molecular complexity index is 1520. The van der Waals surface area contributed by atoms with Gasteiger partial charge in [0, 0.05) is 56.5 Å². The molecular formula is C27H24N4O6. The molecule has 1 amide bonds. The van der Waals surface area contributed by atoms with Gasteiger partial charge in [-0.05, 0) is 18.2 Å². The van der Waals surface area contributed by atoms with Crippen LogP contribution in [0.2, 0.25) is 0 Å². The molecule has 6 rings (SSSR count). The molecule has 0 atom stereocenters. The van der Waals surface area contributed by atoms with Crippen LogP contribution in [0, 0.1) is 0 Å². The third-order valence-corrected chi connectivity index (χ3v) is 6.74. The molecule has 0 spiro atoms. The summed E-state index contributed by atoms with van der Waals surface area (Å²) in [6, 6.07) is 12.6. The number of piperazine rings is 1. The first-order valence-electron chi connectivity index (χ1n) is 12.1. The summed E-state index contributed by atoms with van der Waals surface area (Å²) in [5.74, 6) is 0.245. The number of anilines is 2. The summed E-state index contributed by atoms with van der Waals surface area (Å²) in [6.45, 7) is 4.00. The van der Waals surface area contributed by atoms with Crippen LogP contribution in [-0.2, 0) is 9.53 Å². The Morgan fingerprint density at radius 2 is 1.86 bits per heavy atom. The lowest BCUT2D eigenvalue weighted by Gasteiger charge is -2.36. The summed E-state index contributed by atoms with van der Waals surface area (Å²) in [6.07, 6.45) is 1.49. The van der Waals surface area contributed by atoms with E-state index in [0.29, 0.717) is 77.5 Å². The van der Waals surface area contributed by atoms with E-state index >= 15 is 0 Å². The van der Waals surface area contributed by atoms with Crippen LogP contribution in [0.15, 0.2) is 57.7 Å². The van der Waals surface area contributed by atoms with Crippen LogP contribution in [0.3, 0.4) is 0 Å². The Morgan fingerprint density at radius 3 is 2.59 bits per heavy atom. The first kappa shape index (κ1) is 22.8. The number of carbonyl (C=O) groups excluding carboxylic acids is 3. The third kappa shape index (κ3) is 3.90. The van der Waals surface area contributed by atoms with Crippen LogP contribution in [0.5, 0.6) is 0 Å². The highest BCUT2D eigenvalue weighted by Crippen LogP contribution is 2.45. The molecule has 1 N–H and O–H groups in total. The zero-order valence-electron chi connectivity index (χ0n) is 20.2. The van der Waals surface area contributed by atoms with Crippen LogP contribution in [0.25, 0.3) is 22.2 Å². The van der Waals surface area contributed by atoms with E-state index in [0.717, 1.165) is 5.69 Å². The minimum absolute atomic E-state index is 0.119. The van der Waals surface area contributed by atoms with Gasteiger partial charge in [0.1, 0.15) is 12.1 Å². The summed E-state index contributed by atoms with van der Waals surface area (Å²) in [4.78, 5) is 41.4. The molecular weight excluding hydrogens is 476 g/mol. The van der Waals surface area contributed by atoms with Crippen molar-refractivity contribution < 1.29 is 28.1 Å². The molecule has 2 aromatic heterocycles. The van der Waals surface area contributed by atoms with E-state index < -0.39 is 0 Å². The molecule has 1 aliphatic carbocycles. The van der Waals surface area contributed by atoms with Gasteiger partial charge in [-0.15, -0.1) is 0 Å². The van der Waals surface area contributed by atoms with Crippen LogP contribution in [0.4, 0.5) is 11.4 Å². The van der Waals surface area contributed by atoms with E-state index in [4.69, 9.17) is 13.7 Å². The number of ether oxygens (including phenoxy) is 1. The zero-order valence-corrected chi connectivity index (χ0v) is 20.2. The normalized spacial score (nSPS) is 14.6. The summed E-state index contributed by atoms with van der Waals surface area (Å²) in [7, 11) is 0. The maximum atomic E-state index is 13.6. The lowest BCUT2D eigenvalue weighted by atomic mass is 9.86. The average Bonchev–Trinajstić information content (AvgIpc) is 3.61. The second-order valence-corrected chi connectivity index (χ2v) is 8.95. The third-order valence-electron chi connectivity index (χ3n) is 6.74. The molecule has 10 nitrogen and oxygen atoms in total. The Hall–Kier alpha value is -4.60. The van der Waals surface area contributed by atoms with Crippen molar-refractivity contribution in [2.45, 2.75) is 6.92 Å². The van der Waals surface area contributed by atoms with Crippen molar-refractivity contribution >= 4 is 39.9 Å². The van der Waals surface area contributed by atoms with Crippen molar-refractivity contribution in [1.82, 2.24) is 10.1 Å². The van der Waals surface area contributed by atoms with Crippen LogP contribution in [0.1, 0.15) is 33.4 Å². The molecule has 0 unspecified atom stereocenters. The number of rotatable bonds is 6. The van der Waals surface area contributed by atoms with Crippen LogP contribution >= 0.6 is 0 Å². The van der Waals surface area contributed by atoms with Gasteiger partial charge in [0.25, 0.3) is 5.91 Å². The van der Waals surface area contributed by atoms with Crippen molar-refractivity contribution in [1.29, 1.82) is 0 Å². The maximum Gasteiger partial charge on any atom is 0.302 e. The molecule has 1 fully saturated rings. The predicted molar refractivity (Wildman–Crippen MR) is 135 cm³/mol. The van der Waals surface area contributed by atoms with Gasteiger partial charge in [-0.1, -0.05) is 29.4 Å². The standard InChI is InChI=1S/C27H24N4O6/c1-16(32)35-14-8-28-19-15-20(30-9-11-31(12-10-30)27(34)21-7-4-13-36-21)24-23-22(19)25(33)17-5-2-3-6-18(17)26(23)37-29-24/h2-7,13,15,28H,8-12,14H2,1H3. The topological polar surface area (TPSA) is 118 Å². The Kier molecular flexibility index (Phi) is 5.63. The predicted octanol–water partition coefficient (Wildman–Crippen LogP) is 3.57. The highest BCUT2D eigenvalue weighted by Gasteiger charge is 2.34. The Balaban J connectivity index is 1.36. The van der Waals surface area contributed by atoms with Gasteiger partial charge in [-0.2, -0.15) is 0 Å². The van der Waals surface area contributed by atoms with Crippen LogP contribution < -0.4 is 10.2 Å². The largest absolute Gasteiger partial charge is 0.464 e. The second-order valence-electron chi connectivity index (χ2n) is 8.95. The summed E-state index contributed by atoms with van der Waals surface area (Å²) in [5.41, 5.74) is 3.77. The van der Waals surface area contributed by atoms with Gasteiger partial charge >= 0.3 is 5.97 Å². The number of fused-ring (bicyclic) bond motifs is 2. The number of ketones is 1. The molecule has 0 radical (unpaired) electrons. The van der Waals surface area contributed by atoms with Gasteiger partial charge < -0.3 is 28.8 Å². The SMILES string of the molecule is CC(=O)OCCNc1cc(N2CCN(C(=O)c3ccco3)CC2)c2noc3c2c1C(=O)c1ccccc1-3. The summed E-state index contributed by atoms with van der Waals surface area (Å²) >= 11 is 0. The number of hydrogen-bond donors (Lipinski definition) is 1. The highest BCUT2D eigenvalue weighted by atomic mass is 16.5. The summed E-state index contributed by atoms with van der Waals surface area (Å²) < 4.78 is 16.2. The van der Waals surface area contributed by atoms with Gasteiger partial charge in [0.05, 0.1) is 22.9 Å². The molecule has 3 heterocycles. The first-order valence-corrected chi connectivity index (χ1v) is 12.1. The molecule has 10 heteroatoms. The minimum Gasteiger partial charge on any atom is -0.464 e. The van der Waals surface area contributed by atoms with E-state index in [2.05, 4.69) is 15.4 Å². The smallest absolute Gasteiger partial charge is 0.302 e. The molecule has 1 aliphatic heterocycles. The number of aromatic nitrogens is 1. The monoisotopic (exact) mass is 500 g/mol. The van der Waals surface area contributed by atoms with Crippen molar-refractivity contribution in [3.05, 3.63) is 65.6 Å². The lowest BCUT2D eigenvalue weighted by Crippen LogP contribution is -2.48. The average molecular weight is 501 g/mol. The van der Waals surface area contributed by atoms with Gasteiger partial charge in [0.15, 0.2) is 17.3 Å². The maximum absolute atomic E-state index is 13.6. The molecule has 0 saturated carbocycles. The summed E-state index contributed by atoms with van der Waals surface area (Å²) in [5, 5.41) is 8.33. The number of hydrogen-bond acceptors (Lipinski definition) is 9. The zero-order chi connectivity index (χ0) is 25.5. The number of esters is 1. The van der Waals surface area contributed by atoms with Crippen LogP contribution in [-0.4, -0.2) is 67.0 Å². The molecule has 37 heavy (non-hydrogen) atoms. The molecule has 1 saturated heterocycles. The number of amides is 1. The van der Waals surface area contributed by atoms with E-state index in [-0.39, 0.29) is 24.3 Å². The first-order chi connectivity index (χ1) is 18.0. The molecule has 2 aromatic carbocycles. The number of benzene rings is 2. The fourth-order valence-electron chi connectivity index (χ4n) is 5.01. The molecule has 4 aromatic rings. The number of nitrogens with one attached hydrogen (secondary N) is 1. The highest BCUT2D eigenvalue weighted by molar-refractivity contribution is 6.28. The van der Waals surface area contributed by atoms with Gasteiger partial charge in [-0.3, -0.25) is 14.4 Å². The van der Waals surface area contributed by atoms with Gasteiger partial charge in [0.2, 0.25) is 0 Å². The Morgan fingerprint density at radius 1 is 1.08 bits per heavy atom.